The predicted octanol–water partition coefficient (Wildman–Crippen LogP) is 2.55. The highest BCUT2D eigenvalue weighted by atomic mass is 16.5. The molecule has 0 spiro atoms. The standard InChI is InChI=1S/C15H25NO2/c1-6-15(17,10-16)11-7-8-13(18-5)12(9-11)14(2,3)4/h7-9,17H,6,10,16H2,1-5H3. The van der Waals surface area contributed by atoms with Crippen molar-refractivity contribution in [2.75, 3.05) is 13.7 Å². The van der Waals surface area contributed by atoms with Gasteiger partial charge in [0.1, 0.15) is 11.4 Å². The molecule has 1 rings (SSSR count). The van der Waals surface area contributed by atoms with Gasteiger partial charge in [0.2, 0.25) is 0 Å². The first-order chi connectivity index (χ1) is 8.28. The predicted molar refractivity (Wildman–Crippen MR) is 74.9 cm³/mol. The average Bonchev–Trinajstić information content (AvgIpc) is 2.36. The molecule has 1 aromatic carbocycles. The molecular formula is C15H25NO2. The molecule has 3 nitrogen and oxygen atoms in total. The summed E-state index contributed by atoms with van der Waals surface area (Å²) in [5.74, 6) is 0.849. The molecule has 1 atom stereocenters. The second kappa shape index (κ2) is 5.29. The Hall–Kier alpha value is -1.06. The summed E-state index contributed by atoms with van der Waals surface area (Å²) in [6.07, 6.45) is 0.597. The quantitative estimate of drug-likeness (QED) is 0.864. The van der Waals surface area contributed by atoms with Crippen molar-refractivity contribution in [2.24, 2.45) is 5.73 Å². The Bertz CT molecular complexity index is 403. The molecule has 0 fully saturated rings. The monoisotopic (exact) mass is 251 g/mol. The van der Waals surface area contributed by atoms with E-state index in [4.69, 9.17) is 10.5 Å². The average molecular weight is 251 g/mol. The molecule has 0 saturated carbocycles. The zero-order valence-corrected chi connectivity index (χ0v) is 12.1. The molecule has 0 radical (unpaired) electrons. The summed E-state index contributed by atoms with van der Waals surface area (Å²) in [5, 5.41) is 10.5. The molecule has 0 aliphatic heterocycles. The number of hydrogen-bond donors (Lipinski definition) is 2. The molecule has 0 aliphatic rings. The van der Waals surface area contributed by atoms with Crippen LogP contribution in [0.2, 0.25) is 0 Å². The minimum absolute atomic E-state index is 0.0371. The van der Waals surface area contributed by atoms with Crippen LogP contribution in [0, 0.1) is 0 Å². The highest BCUT2D eigenvalue weighted by molar-refractivity contribution is 5.43. The summed E-state index contributed by atoms with van der Waals surface area (Å²) in [6, 6.07) is 5.81. The van der Waals surface area contributed by atoms with Gasteiger partial charge in [0.15, 0.2) is 0 Å². The van der Waals surface area contributed by atoms with Crippen LogP contribution in [0.25, 0.3) is 0 Å². The maximum Gasteiger partial charge on any atom is 0.122 e. The molecule has 1 aromatic rings. The summed E-state index contributed by atoms with van der Waals surface area (Å²) < 4.78 is 5.39. The van der Waals surface area contributed by atoms with Crippen molar-refractivity contribution < 1.29 is 9.84 Å². The van der Waals surface area contributed by atoms with Gasteiger partial charge in [-0.25, -0.2) is 0 Å². The first-order valence-electron chi connectivity index (χ1n) is 6.40. The molecule has 3 heteroatoms. The maximum atomic E-state index is 10.5. The van der Waals surface area contributed by atoms with E-state index in [2.05, 4.69) is 20.8 Å². The van der Waals surface area contributed by atoms with E-state index in [9.17, 15) is 5.11 Å². The first-order valence-corrected chi connectivity index (χ1v) is 6.40. The summed E-state index contributed by atoms with van der Waals surface area (Å²) in [7, 11) is 1.67. The molecule has 0 heterocycles. The van der Waals surface area contributed by atoms with Gasteiger partial charge in [0, 0.05) is 6.54 Å². The maximum absolute atomic E-state index is 10.5. The third-order valence-corrected chi connectivity index (χ3v) is 3.47. The summed E-state index contributed by atoms with van der Waals surface area (Å²) in [6.45, 7) is 8.54. The Morgan fingerprint density at radius 2 is 1.89 bits per heavy atom. The zero-order valence-electron chi connectivity index (χ0n) is 12.1. The number of methoxy groups -OCH3 is 1. The van der Waals surface area contributed by atoms with Gasteiger partial charge in [-0.3, -0.25) is 0 Å². The van der Waals surface area contributed by atoms with Gasteiger partial charge in [-0.1, -0.05) is 33.8 Å². The van der Waals surface area contributed by atoms with Crippen LogP contribution in [0.3, 0.4) is 0 Å². The number of aliphatic hydroxyl groups is 1. The third kappa shape index (κ3) is 2.85. The molecular weight excluding hydrogens is 226 g/mol. The fourth-order valence-electron chi connectivity index (χ4n) is 2.05. The molecule has 0 bridgehead atoms. The second-order valence-electron chi connectivity index (χ2n) is 5.75. The van der Waals surface area contributed by atoms with Gasteiger partial charge < -0.3 is 15.6 Å². The van der Waals surface area contributed by atoms with Crippen molar-refractivity contribution in [3.8, 4) is 5.75 Å². The van der Waals surface area contributed by atoms with E-state index in [1.165, 1.54) is 0 Å². The lowest BCUT2D eigenvalue weighted by Gasteiger charge is -2.29. The minimum atomic E-state index is -0.952. The molecule has 1 unspecified atom stereocenters. The van der Waals surface area contributed by atoms with E-state index in [0.717, 1.165) is 16.9 Å². The smallest absolute Gasteiger partial charge is 0.122 e. The Morgan fingerprint density at radius 1 is 1.28 bits per heavy atom. The lowest BCUT2D eigenvalue weighted by Crippen LogP contribution is -2.34. The highest BCUT2D eigenvalue weighted by Crippen LogP contribution is 2.35. The van der Waals surface area contributed by atoms with Crippen LogP contribution in [-0.2, 0) is 11.0 Å². The summed E-state index contributed by atoms with van der Waals surface area (Å²) in [4.78, 5) is 0. The molecule has 0 saturated heterocycles. The molecule has 102 valence electrons. The van der Waals surface area contributed by atoms with Crippen LogP contribution in [0.4, 0.5) is 0 Å². The van der Waals surface area contributed by atoms with Gasteiger partial charge in [-0.05, 0) is 35.1 Å². The van der Waals surface area contributed by atoms with Crippen molar-refractivity contribution in [3.63, 3.8) is 0 Å². The number of hydrogen-bond acceptors (Lipinski definition) is 3. The fourth-order valence-corrected chi connectivity index (χ4v) is 2.05. The Labute approximate surface area is 110 Å². The Kier molecular flexibility index (Phi) is 4.41. The van der Waals surface area contributed by atoms with Gasteiger partial charge in [0.05, 0.1) is 7.11 Å². The van der Waals surface area contributed by atoms with E-state index < -0.39 is 5.60 Å². The topological polar surface area (TPSA) is 55.5 Å². The number of nitrogens with two attached hydrogens (primary N) is 1. The lowest BCUT2D eigenvalue weighted by atomic mass is 9.82. The van der Waals surface area contributed by atoms with Crippen LogP contribution in [0.15, 0.2) is 18.2 Å². The molecule has 0 aliphatic carbocycles. The normalized spacial score (nSPS) is 15.3. The van der Waals surface area contributed by atoms with E-state index in [0.29, 0.717) is 6.42 Å². The molecule has 0 amide bonds. The summed E-state index contributed by atoms with van der Waals surface area (Å²) in [5.41, 5.74) is 6.65. The van der Waals surface area contributed by atoms with Crippen LogP contribution >= 0.6 is 0 Å². The zero-order chi connectivity index (χ0) is 14.0. The van der Waals surface area contributed by atoms with Gasteiger partial charge in [0.25, 0.3) is 0 Å². The van der Waals surface area contributed by atoms with Crippen LogP contribution < -0.4 is 10.5 Å². The first kappa shape index (κ1) is 15.0. The van der Waals surface area contributed by atoms with Crippen molar-refractivity contribution >= 4 is 0 Å². The van der Waals surface area contributed by atoms with Crippen molar-refractivity contribution in [2.45, 2.75) is 45.1 Å². The Balaban J connectivity index is 3.35. The second-order valence-corrected chi connectivity index (χ2v) is 5.75. The lowest BCUT2D eigenvalue weighted by molar-refractivity contribution is 0.0417. The number of rotatable bonds is 4. The molecule has 0 aromatic heterocycles. The number of benzene rings is 1. The van der Waals surface area contributed by atoms with Crippen molar-refractivity contribution in [3.05, 3.63) is 29.3 Å². The van der Waals surface area contributed by atoms with Crippen LogP contribution in [-0.4, -0.2) is 18.8 Å². The fraction of sp³-hybridized carbons (Fsp3) is 0.600. The van der Waals surface area contributed by atoms with E-state index in [1.54, 1.807) is 7.11 Å². The van der Waals surface area contributed by atoms with Crippen LogP contribution in [0.5, 0.6) is 5.75 Å². The highest BCUT2D eigenvalue weighted by Gasteiger charge is 2.28. The van der Waals surface area contributed by atoms with Crippen LogP contribution in [0.1, 0.15) is 45.2 Å². The number of ether oxygens (including phenoxy) is 1. The third-order valence-electron chi connectivity index (χ3n) is 3.47. The van der Waals surface area contributed by atoms with Crippen molar-refractivity contribution in [1.29, 1.82) is 0 Å². The molecule has 18 heavy (non-hydrogen) atoms. The van der Waals surface area contributed by atoms with Gasteiger partial charge >= 0.3 is 0 Å². The van der Waals surface area contributed by atoms with Crippen molar-refractivity contribution in [1.82, 2.24) is 0 Å². The van der Waals surface area contributed by atoms with E-state index in [1.807, 2.05) is 25.1 Å². The van der Waals surface area contributed by atoms with E-state index >= 15 is 0 Å². The minimum Gasteiger partial charge on any atom is -0.496 e. The van der Waals surface area contributed by atoms with Gasteiger partial charge in [-0.2, -0.15) is 0 Å². The SMILES string of the molecule is CCC(O)(CN)c1ccc(OC)c(C(C)(C)C)c1. The van der Waals surface area contributed by atoms with E-state index in [-0.39, 0.29) is 12.0 Å². The molecule has 3 N–H and O–H groups in total. The largest absolute Gasteiger partial charge is 0.496 e. The summed E-state index contributed by atoms with van der Waals surface area (Å²) >= 11 is 0. The van der Waals surface area contributed by atoms with Gasteiger partial charge in [-0.15, -0.1) is 0 Å². The Morgan fingerprint density at radius 3 is 2.28 bits per heavy atom.